The second-order valence-electron chi connectivity index (χ2n) is 3.30. The van der Waals surface area contributed by atoms with Gasteiger partial charge in [0.2, 0.25) is 6.41 Å². The van der Waals surface area contributed by atoms with Crippen molar-refractivity contribution >= 4 is 29.6 Å². The molecule has 17 heavy (non-hydrogen) atoms. The Labute approximate surface area is 110 Å². The number of amides is 1. The summed E-state index contributed by atoms with van der Waals surface area (Å²) in [7, 11) is 0. The van der Waals surface area contributed by atoms with Gasteiger partial charge in [0.15, 0.2) is 0 Å². The molecule has 0 radical (unpaired) electrons. The lowest BCUT2D eigenvalue weighted by Crippen LogP contribution is -2.22. The third kappa shape index (κ3) is 4.38. The maximum absolute atomic E-state index is 10.3. The number of carbonyl (C=O) groups excluding carboxylic acids is 1. The van der Waals surface area contributed by atoms with Crippen LogP contribution < -0.4 is 5.32 Å². The highest BCUT2D eigenvalue weighted by atomic mass is 35.5. The Morgan fingerprint density at radius 1 is 1.47 bits per heavy atom. The SMILES string of the molecule is C=CCOC(CNC=O)c1ccc(Cl)cc1Cl. The summed E-state index contributed by atoms with van der Waals surface area (Å²) >= 11 is 11.9. The lowest BCUT2D eigenvalue weighted by atomic mass is 10.1. The zero-order valence-corrected chi connectivity index (χ0v) is 10.7. The molecule has 0 saturated carbocycles. The van der Waals surface area contributed by atoms with Gasteiger partial charge in [-0.2, -0.15) is 0 Å². The predicted molar refractivity (Wildman–Crippen MR) is 69.4 cm³/mol. The van der Waals surface area contributed by atoms with Gasteiger partial charge in [-0.05, 0) is 12.1 Å². The number of carbonyl (C=O) groups is 1. The van der Waals surface area contributed by atoms with Gasteiger partial charge in [0.25, 0.3) is 0 Å². The molecule has 0 heterocycles. The van der Waals surface area contributed by atoms with Crippen molar-refractivity contribution in [1.82, 2.24) is 5.32 Å². The Bertz CT molecular complexity index is 384. The second-order valence-corrected chi connectivity index (χ2v) is 4.15. The van der Waals surface area contributed by atoms with Gasteiger partial charge in [0.1, 0.15) is 6.10 Å². The van der Waals surface area contributed by atoms with Crippen LogP contribution in [0.25, 0.3) is 0 Å². The maximum atomic E-state index is 10.3. The zero-order valence-electron chi connectivity index (χ0n) is 9.16. The van der Waals surface area contributed by atoms with E-state index in [1.807, 2.05) is 0 Å². The fourth-order valence-corrected chi connectivity index (χ4v) is 1.89. The topological polar surface area (TPSA) is 38.3 Å². The molecule has 1 rings (SSSR count). The van der Waals surface area contributed by atoms with Gasteiger partial charge in [-0.15, -0.1) is 6.58 Å². The summed E-state index contributed by atoms with van der Waals surface area (Å²) in [6.45, 7) is 4.30. The second kappa shape index (κ2) is 7.33. The first kappa shape index (κ1) is 14.0. The summed E-state index contributed by atoms with van der Waals surface area (Å²) in [5.74, 6) is 0. The van der Waals surface area contributed by atoms with Gasteiger partial charge >= 0.3 is 0 Å². The fourth-order valence-electron chi connectivity index (χ4n) is 1.36. The molecule has 3 nitrogen and oxygen atoms in total. The molecular weight excluding hydrogens is 261 g/mol. The lowest BCUT2D eigenvalue weighted by molar-refractivity contribution is -0.110. The van der Waals surface area contributed by atoms with Gasteiger partial charge in [0.05, 0.1) is 6.61 Å². The standard InChI is InChI=1S/C12H13Cl2NO2/c1-2-5-17-12(7-15-8-16)10-4-3-9(13)6-11(10)14/h2-4,6,8,12H,1,5,7H2,(H,15,16). The number of benzene rings is 1. The Hall–Kier alpha value is -1.03. The van der Waals surface area contributed by atoms with Crippen LogP contribution in [0.3, 0.4) is 0 Å². The maximum Gasteiger partial charge on any atom is 0.207 e. The molecule has 0 aliphatic heterocycles. The van der Waals surface area contributed by atoms with Crippen LogP contribution in [-0.4, -0.2) is 19.6 Å². The van der Waals surface area contributed by atoms with E-state index < -0.39 is 0 Å². The van der Waals surface area contributed by atoms with Crippen LogP contribution in [0.5, 0.6) is 0 Å². The van der Waals surface area contributed by atoms with Crippen molar-refractivity contribution in [3.8, 4) is 0 Å². The lowest BCUT2D eigenvalue weighted by Gasteiger charge is -2.18. The molecule has 1 aromatic carbocycles. The highest BCUT2D eigenvalue weighted by Crippen LogP contribution is 2.28. The number of halogens is 2. The Morgan fingerprint density at radius 2 is 2.24 bits per heavy atom. The molecule has 1 N–H and O–H groups in total. The quantitative estimate of drug-likeness (QED) is 0.613. The summed E-state index contributed by atoms with van der Waals surface area (Å²) in [5.41, 5.74) is 0.785. The highest BCUT2D eigenvalue weighted by molar-refractivity contribution is 6.35. The van der Waals surface area contributed by atoms with Crippen LogP contribution >= 0.6 is 23.2 Å². The van der Waals surface area contributed by atoms with Crippen LogP contribution in [0.15, 0.2) is 30.9 Å². The molecule has 1 amide bonds. The molecule has 1 aromatic rings. The summed E-state index contributed by atoms with van der Waals surface area (Å²) in [4.78, 5) is 10.3. The molecule has 0 spiro atoms. The number of rotatable bonds is 7. The fraction of sp³-hybridized carbons (Fsp3) is 0.250. The van der Waals surface area contributed by atoms with Crippen molar-refractivity contribution in [3.63, 3.8) is 0 Å². The molecule has 0 aromatic heterocycles. The molecule has 1 atom stereocenters. The highest BCUT2D eigenvalue weighted by Gasteiger charge is 2.14. The van der Waals surface area contributed by atoms with Crippen molar-refractivity contribution in [3.05, 3.63) is 46.5 Å². The third-order valence-corrected chi connectivity index (χ3v) is 2.67. The summed E-state index contributed by atoms with van der Waals surface area (Å²) in [6, 6.07) is 5.16. The van der Waals surface area contributed by atoms with E-state index >= 15 is 0 Å². The average Bonchev–Trinajstić information content (AvgIpc) is 2.30. The van der Waals surface area contributed by atoms with E-state index in [9.17, 15) is 4.79 Å². The number of hydrogen-bond donors (Lipinski definition) is 1. The molecule has 0 aliphatic rings. The first-order chi connectivity index (χ1) is 8.19. The van der Waals surface area contributed by atoms with Gasteiger partial charge in [-0.3, -0.25) is 4.79 Å². The van der Waals surface area contributed by atoms with E-state index in [1.165, 1.54) is 0 Å². The zero-order chi connectivity index (χ0) is 12.7. The van der Waals surface area contributed by atoms with E-state index in [2.05, 4.69) is 11.9 Å². The normalized spacial score (nSPS) is 11.9. The first-order valence-electron chi connectivity index (χ1n) is 5.03. The van der Waals surface area contributed by atoms with E-state index in [-0.39, 0.29) is 6.10 Å². The van der Waals surface area contributed by atoms with Crippen LogP contribution in [0, 0.1) is 0 Å². The molecule has 5 heteroatoms. The molecule has 0 aliphatic carbocycles. The molecule has 0 fully saturated rings. The number of hydrogen-bond acceptors (Lipinski definition) is 2. The smallest absolute Gasteiger partial charge is 0.207 e. The van der Waals surface area contributed by atoms with Gasteiger partial charge < -0.3 is 10.1 Å². The molecule has 92 valence electrons. The van der Waals surface area contributed by atoms with Gasteiger partial charge in [-0.25, -0.2) is 0 Å². The van der Waals surface area contributed by atoms with Crippen LogP contribution in [0.1, 0.15) is 11.7 Å². The van der Waals surface area contributed by atoms with Crippen molar-refractivity contribution in [2.45, 2.75) is 6.10 Å². The van der Waals surface area contributed by atoms with Crippen LogP contribution in [0.2, 0.25) is 10.0 Å². The molecular formula is C12H13Cl2NO2. The molecule has 0 saturated heterocycles. The minimum Gasteiger partial charge on any atom is -0.368 e. The minimum atomic E-state index is -0.317. The van der Waals surface area contributed by atoms with E-state index in [4.69, 9.17) is 27.9 Å². The van der Waals surface area contributed by atoms with E-state index in [1.54, 1.807) is 24.3 Å². The Balaban J connectivity index is 2.85. The van der Waals surface area contributed by atoms with E-state index in [0.29, 0.717) is 29.6 Å². The average molecular weight is 274 g/mol. The van der Waals surface area contributed by atoms with E-state index in [0.717, 1.165) is 5.56 Å². The predicted octanol–water partition coefficient (Wildman–Crippen LogP) is 2.98. The Kier molecular flexibility index (Phi) is 6.05. The van der Waals surface area contributed by atoms with Crippen molar-refractivity contribution < 1.29 is 9.53 Å². The van der Waals surface area contributed by atoms with Crippen molar-refractivity contribution in [1.29, 1.82) is 0 Å². The number of ether oxygens (including phenoxy) is 1. The van der Waals surface area contributed by atoms with Crippen molar-refractivity contribution in [2.24, 2.45) is 0 Å². The van der Waals surface area contributed by atoms with Crippen LogP contribution in [-0.2, 0) is 9.53 Å². The Morgan fingerprint density at radius 3 is 2.82 bits per heavy atom. The molecule has 1 unspecified atom stereocenters. The largest absolute Gasteiger partial charge is 0.368 e. The minimum absolute atomic E-state index is 0.317. The third-order valence-electron chi connectivity index (χ3n) is 2.11. The monoisotopic (exact) mass is 273 g/mol. The first-order valence-corrected chi connectivity index (χ1v) is 5.79. The summed E-state index contributed by atoms with van der Waals surface area (Å²) in [6.07, 6.45) is 1.94. The summed E-state index contributed by atoms with van der Waals surface area (Å²) < 4.78 is 5.53. The van der Waals surface area contributed by atoms with Gasteiger partial charge in [-0.1, -0.05) is 35.3 Å². The number of nitrogens with one attached hydrogen (secondary N) is 1. The molecule has 0 bridgehead atoms. The van der Waals surface area contributed by atoms with Gasteiger partial charge in [0, 0.05) is 22.2 Å². The van der Waals surface area contributed by atoms with Crippen molar-refractivity contribution in [2.75, 3.05) is 13.2 Å². The van der Waals surface area contributed by atoms with Crippen LogP contribution in [0.4, 0.5) is 0 Å². The summed E-state index contributed by atoms with van der Waals surface area (Å²) in [5, 5.41) is 3.64.